The van der Waals surface area contributed by atoms with Crippen molar-refractivity contribution < 1.29 is 15.3 Å². The van der Waals surface area contributed by atoms with Crippen molar-refractivity contribution in [2.24, 2.45) is 5.73 Å². The van der Waals surface area contributed by atoms with E-state index in [1.807, 2.05) is 17.5 Å². The molecule has 17 heavy (non-hydrogen) atoms. The maximum atomic E-state index is 9.65. The minimum Gasteiger partial charge on any atom is -0.508 e. The minimum absolute atomic E-state index is 0. The van der Waals surface area contributed by atoms with Gasteiger partial charge in [0.2, 0.25) is 0 Å². The van der Waals surface area contributed by atoms with Crippen LogP contribution in [-0.4, -0.2) is 15.3 Å². The van der Waals surface area contributed by atoms with Crippen molar-refractivity contribution in [3.63, 3.8) is 0 Å². The van der Waals surface area contributed by atoms with Crippen molar-refractivity contribution in [1.82, 2.24) is 0 Å². The fourth-order valence-corrected chi connectivity index (χ4v) is 2.27. The van der Waals surface area contributed by atoms with Crippen LogP contribution in [0.1, 0.15) is 16.5 Å². The summed E-state index contributed by atoms with van der Waals surface area (Å²) >= 11 is 1.44. The van der Waals surface area contributed by atoms with E-state index in [0.29, 0.717) is 0 Å². The Morgan fingerprint density at radius 1 is 1.12 bits per heavy atom. The molecule has 4 nitrogen and oxygen atoms in total. The molecule has 0 saturated carbocycles. The summed E-state index contributed by atoms with van der Waals surface area (Å²) in [6.07, 6.45) is 0. The lowest BCUT2D eigenvalue weighted by Crippen LogP contribution is -2.10. The van der Waals surface area contributed by atoms with Gasteiger partial charge in [-0.25, -0.2) is 0 Å². The monoisotopic (exact) mass is 273 g/mol. The summed E-state index contributed by atoms with van der Waals surface area (Å²) in [5, 5.41) is 30.3. The zero-order valence-corrected chi connectivity index (χ0v) is 10.3. The van der Waals surface area contributed by atoms with Crippen molar-refractivity contribution in [3.8, 4) is 17.2 Å². The molecule has 1 heterocycles. The van der Waals surface area contributed by atoms with E-state index in [0.717, 1.165) is 17.0 Å². The molecule has 0 unspecified atom stereocenters. The molecular weight excluding hydrogens is 262 g/mol. The first kappa shape index (κ1) is 13.6. The first-order chi connectivity index (χ1) is 7.59. The van der Waals surface area contributed by atoms with E-state index in [4.69, 9.17) is 5.73 Å². The second-order valence-electron chi connectivity index (χ2n) is 3.39. The van der Waals surface area contributed by atoms with Crippen LogP contribution in [-0.2, 0) is 0 Å². The van der Waals surface area contributed by atoms with Gasteiger partial charge < -0.3 is 21.1 Å². The van der Waals surface area contributed by atoms with E-state index in [-0.39, 0.29) is 35.2 Å². The Morgan fingerprint density at radius 2 is 1.71 bits per heavy atom. The summed E-state index contributed by atoms with van der Waals surface area (Å²) in [5.74, 6) is -0.617. The van der Waals surface area contributed by atoms with Gasteiger partial charge in [0.15, 0.2) is 0 Å². The molecule has 0 amide bonds. The maximum Gasteiger partial charge on any atom is 0.128 e. The highest BCUT2D eigenvalue weighted by Gasteiger charge is 2.19. The van der Waals surface area contributed by atoms with Crippen LogP contribution in [0.5, 0.6) is 17.2 Å². The highest BCUT2D eigenvalue weighted by Crippen LogP contribution is 2.38. The molecule has 2 rings (SSSR count). The highest BCUT2D eigenvalue weighted by atomic mass is 35.5. The third-order valence-corrected chi connectivity index (χ3v) is 3.24. The highest BCUT2D eigenvalue weighted by molar-refractivity contribution is 7.10. The first-order valence-electron chi connectivity index (χ1n) is 4.63. The van der Waals surface area contributed by atoms with Crippen LogP contribution in [0, 0.1) is 0 Å². The quantitative estimate of drug-likeness (QED) is 0.676. The molecule has 6 heteroatoms. The first-order valence-corrected chi connectivity index (χ1v) is 5.51. The second kappa shape index (κ2) is 5.27. The molecule has 2 aromatic rings. The van der Waals surface area contributed by atoms with E-state index >= 15 is 0 Å². The van der Waals surface area contributed by atoms with Crippen molar-refractivity contribution in [1.29, 1.82) is 0 Å². The molecule has 0 saturated heterocycles. The summed E-state index contributed by atoms with van der Waals surface area (Å²) in [4.78, 5) is 0.830. The van der Waals surface area contributed by atoms with E-state index in [2.05, 4.69) is 0 Å². The Hall–Kier alpha value is -1.43. The average molecular weight is 274 g/mol. The molecule has 0 spiro atoms. The largest absolute Gasteiger partial charge is 0.508 e. The molecule has 0 aliphatic rings. The number of benzene rings is 1. The van der Waals surface area contributed by atoms with Crippen molar-refractivity contribution in [2.45, 2.75) is 6.04 Å². The van der Waals surface area contributed by atoms with Gasteiger partial charge in [0.05, 0.1) is 11.6 Å². The number of phenolic OH excluding ortho intramolecular Hbond substituents is 3. The molecule has 5 N–H and O–H groups in total. The van der Waals surface area contributed by atoms with Crippen LogP contribution in [0.25, 0.3) is 0 Å². The minimum atomic E-state index is -0.597. The van der Waals surface area contributed by atoms with Gasteiger partial charge >= 0.3 is 0 Å². The number of hydrogen-bond donors (Lipinski definition) is 4. The van der Waals surface area contributed by atoms with Gasteiger partial charge in [-0.15, -0.1) is 23.7 Å². The second-order valence-corrected chi connectivity index (χ2v) is 4.37. The van der Waals surface area contributed by atoms with Crippen LogP contribution in [0.4, 0.5) is 0 Å². The summed E-state index contributed by atoms with van der Waals surface area (Å²) in [7, 11) is 0. The summed E-state index contributed by atoms with van der Waals surface area (Å²) < 4.78 is 0. The zero-order chi connectivity index (χ0) is 11.7. The SMILES string of the molecule is Cl.N[C@@H](c1cccs1)c1c(O)cc(O)cc1O. The van der Waals surface area contributed by atoms with Gasteiger partial charge in [-0.3, -0.25) is 0 Å². The van der Waals surface area contributed by atoms with E-state index < -0.39 is 6.04 Å². The lowest BCUT2D eigenvalue weighted by Gasteiger charge is -2.14. The van der Waals surface area contributed by atoms with Crippen molar-refractivity contribution in [3.05, 3.63) is 40.1 Å². The van der Waals surface area contributed by atoms with Gasteiger partial charge in [0, 0.05) is 17.0 Å². The Morgan fingerprint density at radius 3 is 2.18 bits per heavy atom. The fourth-order valence-electron chi connectivity index (χ4n) is 1.54. The number of thiophene rings is 1. The molecule has 0 aliphatic heterocycles. The number of phenols is 3. The number of aromatic hydroxyl groups is 3. The van der Waals surface area contributed by atoms with Gasteiger partial charge in [0.1, 0.15) is 17.2 Å². The van der Waals surface area contributed by atoms with Gasteiger partial charge in [-0.2, -0.15) is 0 Å². The molecule has 0 aliphatic carbocycles. The van der Waals surface area contributed by atoms with E-state index in [1.54, 1.807) is 0 Å². The standard InChI is InChI=1S/C11H11NO3S.ClH/c12-11(9-2-1-3-16-9)10-7(14)4-6(13)5-8(10)15;/h1-5,11,13-15H,12H2;1H/t11-;/m0./s1. The maximum absolute atomic E-state index is 9.65. The third kappa shape index (κ3) is 2.63. The Labute approximate surface area is 108 Å². The third-order valence-electron chi connectivity index (χ3n) is 2.28. The lowest BCUT2D eigenvalue weighted by molar-refractivity contribution is 0.416. The number of hydrogen-bond acceptors (Lipinski definition) is 5. The normalized spacial score (nSPS) is 11.8. The zero-order valence-electron chi connectivity index (χ0n) is 8.70. The van der Waals surface area contributed by atoms with Gasteiger partial charge in [0.25, 0.3) is 0 Å². The number of nitrogens with two attached hydrogens (primary N) is 1. The smallest absolute Gasteiger partial charge is 0.128 e. The average Bonchev–Trinajstić information content (AvgIpc) is 2.67. The number of halogens is 1. The van der Waals surface area contributed by atoms with Crippen LogP contribution in [0.3, 0.4) is 0 Å². The topological polar surface area (TPSA) is 86.7 Å². The molecule has 1 aromatic carbocycles. The van der Waals surface area contributed by atoms with Gasteiger partial charge in [-0.1, -0.05) is 6.07 Å². The molecule has 0 fully saturated rings. The molecule has 1 atom stereocenters. The van der Waals surface area contributed by atoms with Crippen LogP contribution in [0.15, 0.2) is 29.6 Å². The summed E-state index contributed by atoms with van der Waals surface area (Å²) in [6, 6.07) is 5.38. The van der Waals surface area contributed by atoms with E-state index in [9.17, 15) is 15.3 Å². The summed E-state index contributed by atoms with van der Waals surface area (Å²) in [6.45, 7) is 0. The Bertz CT molecular complexity index is 478. The number of rotatable bonds is 2. The Kier molecular flexibility index (Phi) is 4.22. The van der Waals surface area contributed by atoms with Crippen molar-refractivity contribution >= 4 is 23.7 Å². The van der Waals surface area contributed by atoms with Crippen LogP contribution in [0.2, 0.25) is 0 Å². The molecule has 0 bridgehead atoms. The predicted molar refractivity (Wildman–Crippen MR) is 69.0 cm³/mol. The lowest BCUT2D eigenvalue weighted by atomic mass is 10.0. The van der Waals surface area contributed by atoms with E-state index in [1.165, 1.54) is 11.3 Å². The molecular formula is C11H12ClNO3S. The van der Waals surface area contributed by atoms with Gasteiger partial charge in [-0.05, 0) is 11.4 Å². The summed E-state index contributed by atoms with van der Waals surface area (Å²) in [5.41, 5.74) is 6.14. The molecule has 1 aromatic heterocycles. The molecule has 92 valence electrons. The fraction of sp³-hybridized carbons (Fsp3) is 0.0909. The van der Waals surface area contributed by atoms with Crippen LogP contribution < -0.4 is 5.73 Å². The van der Waals surface area contributed by atoms with Crippen LogP contribution >= 0.6 is 23.7 Å². The van der Waals surface area contributed by atoms with Crippen molar-refractivity contribution in [2.75, 3.05) is 0 Å². The predicted octanol–water partition coefficient (Wildman–Crippen LogP) is 2.33. The molecule has 0 radical (unpaired) electrons. The Balaban J connectivity index is 0.00000144.